The molecule has 0 aliphatic carbocycles. The quantitative estimate of drug-likeness (QED) is 0.778. The second-order valence-electron chi connectivity index (χ2n) is 4.39. The van der Waals surface area contributed by atoms with E-state index in [2.05, 4.69) is 4.99 Å². The Labute approximate surface area is 125 Å². The second kappa shape index (κ2) is 5.68. The SMILES string of the molecule is CC(=O)N=c1c(F)cn(S(=O)(=O)c2ccccc2)c(=O)n1C. The Morgan fingerprint density at radius 3 is 2.36 bits per heavy atom. The highest BCUT2D eigenvalue weighted by Crippen LogP contribution is 2.10. The number of hydrogen-bond acceptors (Lipinski definition) is 4. The van der Waals surface area contributed by atoms with Crippen molar-refractivity contribution < 1.29 is 17.6 Å². The summed E-state index contributed by atoms with van der Waals surface area (Å²) in [5.74, 6) is -1.81. The van der Waals surface area contributed by atoms with E-state index in [0.29, 0.717) is 10.8 Å². The van der Waals surface area contributed by atoms with Crippen LogP contribution in [0.25, 0.3) is 0 Å². The maximum Gasteiger partial charge on any atom is 0.343 e. The van der Waals surface area contributed by atoms with Crippen LogP contribution in [0, 0.1) is 5.82 Å². The van der Waals surface area contributed by atoms with Crippen LogP contribution in [0.1, 0.15) is 6.92 Å². The van der Waals surface area contributed by atoms with Gasteiger partial charge in [-0.1, -0.05) is 18.2 Å². The smallest absolute Gasteiger partial charge is 0.278 e. The van der Waals surface area contributed by atoms with Crippen LogP contribution in [0.15, 0.2) is 51.2 Å². The Balaban J connectivity index is 2.81. The van der Waals surface area contributed by atoms with Gasteiger partial charge in [0, 0.05) is 14.0 Å². The van der Waals surface area contributed by atoms with Crippen molar-refractivity contribution in [3.63, 3.8) is 0 Å². The summed E-state index contributed by atoms with van der Waals surface area (Å²) in [4.78, 5) is 26.3. The minimum absolute atomic E-state index is 0.159. The Bertz CT molecular complexity index is 959. The highest BCUT2D eigenvalue weighted by Gasteiger charge is 2.21. The van der Waals surface area contributed by atoms with Crippen LogP contribution in [0.2, 0.25) is 0 Å². The Morgan fingerprint density at radius 1 is 1.23 bits per heavy atom. The van der Waals surface area contributed by atoms with Crippen LogP contribution in [0.5, 0.6) is 0 Å². The molecule has 0 aliphatic heterocycles. The van der Waals surface area contributed by atoms with E-state index in [4.69, 9.17) is 0 Å². The fourth-order valence-electron chi connectivity index (χ4n) is 1.77. The van der Waals surface area contributed by atoms with Gasteiger partial charge in [0.1, 0.15) is 0 Å². The van der Waals surface area contributed by atoms with Crippen LogP contribution in [0.3, 0.4) is 0 Å². The standard InChI is InChI=1S/C13H12FN3O4S/c1-9(18)15-12-11(14)8-17(13(19)16(12)2)22(20,21)10-6-4-3-5-7-10/h3-8H,1-2H3. The van der Waals surface area contributed by atoms with Gasteiger partial charge in [-0.3, -0.25) is 9.36 Å². The van der Waals surface area contributed by atoms with E-state index in [1.807, 2.05) is 0 Å². The average molecular weight is 325 g/mol. The van der Waals surface area contributed by atoms with Crippen molar-refractivity contribution in [3.8, 4) is 0 Å². The molecule has 2 aromatic rings. The summed E-state index contributed by atoms with van der Waals surface area (Å²) in [6, 6.07) is 7.14. The molecule has 1 aromatic carbocycles. The van der Waals surface area contributed by atoms with E-state index in [1.54, 1.807) is 6.07 Å². The highest BCUT2D eigenvalue weighted by molar-refractivity contribution is 7.90. The van der Waals surface area contributed by atoms with Gasteiger partial charge in [-0.25, -0.2) is 17.6 Å². The lowest BCUT2D eigenvalue weighted by molar-refractivity contribution is -0.116. The zero-order valence-corrected chi connectivity index (χ0v) is 12.5. The summed E-state index contributed by atoms with van der Waals surface area (Å²) < 4.78 is 39.7. The number of rotatable bonds is 2. The molecule has 0 fully saturated rings. The fraction of sp³-hybridized carbons (Fsp3) is 0.154. The van der Waals surface area contributed by atoms with Gasteiger partial charge in [-0.2, -0.15) is 8.96 Å². The maximum atomic E-state index is 14.0. The number of halogens is 1. The number of carbonyl (C=O) groups excluding carboxylic acids is 1. The van der Waals surface area contributed by atoms with Crippen molar-refractivity contribution in [1.29, 1.82) is 0 Å². The summed E-state index contributed by atoms with van der Waals surface area (Å²) in [6.07, 6.45) is 0.506. The molecular formula is C13H12FN3O4S. The Kier molecular flexibility index (Phi) is 4.09. The Morgan fingerprint density at radius 2 is 1.82 bits per heavy atom. The van der Waals surface area contributed by atoms with E-state index < -0.39 is 32.9 Å². The lowest BCUT2D eigenvalue weighted by Gasteiger charge is -2.10. The number of carbonyl (C=O) groups is 1. The summed E-state index contributed by atoms with van der Waals surface area (Å²) >= 11 is 0. The molecule has 0 unspecified atom stereocenters. The van der Waals surface area contributed by atoms with Gasteiger partial charge in [0.25, 0.3) is 10.0 Å². The fourth-order valence-corrected chi connectivity index (χ4v) is 3.06. The van der Waals surface area contributed by atoms with Gasteiger partial charge in [-0.05, 0) is 12.1 Å². The number of benzene rings is 1. The molecule has 0 N–H and O–H groups in total. The molecule has 9 heteroatoms. The third-order valence-electron chi connectivity index (χ3n) is 2.80. The molecule has 0 bridgehead atoms. The van der Waals surface area contributed by atoms with Crippen molar-refractivity contribution in [2.75, 3.05) is 0 Å². The molecule has 0 saturated heterocycles. The van der Waals surface area contributed by atoms with Gasteiger partial charge in [-0.15, -0.1) is 0 Å². The molecule has 2 rings (SSSR count). The zero-order valence-electron chi connectivity index (χ0n) is 11.7. The lowest BCUT2D eigenvalue weighted by Crippen LogP contribution is -2.42. The van der Waals surface area contributed by atoms with Gasteiger partial charge in [0.05, 0.1) is 11.1 Å². The molecule has 116 valence electrons. The summed E-state index contributed by atoms with van der Waals surface area (Å²) in [5.41, 5.74) is -1.57. The van der Waals surface area contributed by atoms with E-state index in [1.165, 1.54) is 24.3 Å². The zero-order chi connectivity index (χ0) is 16.5. The molecule has 0 aliphatic rings. The number of amides is 1. The van der Waals surface area contributed by atoms with Crippen molar-refractivity contribution in [2.24, 2.45) is 12.0 Å². The number of hydrogen-bond donors (Lipinski definition) is 0. The van der Waals surface area contributed by atoms with E-state index in [-0.39, 0.29) is 8.87 Å². The largest absolute Gasteiger partial charge is 0.343 e. The van der Waals surface area contributed by atoms with Crippen molar-refractivity contribution in [2.45, 2.75) is 11.8 Å². The third kappa shape index (κ3) is 2.75. The van der Waals surface area contributed by atoms with Crippen LogP contribution in [-0.4, -0.2) is 22.9 Å². The molecule has 1 amide bonds. The molecule has 0 radical (unpaired) electrons. The van der Waals surface area contributed by atoms with Crippen LogP contribution >= 0.6 is 0 Å². The first-order valence-corrected chi connectivity index (χ1v) is 7.53. The first-order chi connectivity index (χ1) is 10.2. The average Bonchev–Trinajstić information content (AvgIpc) is 2.48. The topological polar surface area (TPSA) is 90.5 Å². The van der Waals surface area contributed by atoms with Crippen LogP contribution in [0.4, 0.5) is 4.39 Å². The van der Waals surface area contributed by atoms with Crippen LogP contribution < -0.4 is 11.2 Å². The van der Waals surface area contributed by atoms with Gasteiger partial charge < -0.3 is 0 Å². The molecule has 22 heavy (non-hydrogen) atoms. The van der Waals surface area contributed by atoms with Gasteiger partial charge in [0.2, 0.25) is 5.91 Å². The lowest BCUT2D eigenvalue weighted by atomic mass is 10.4. The summed E-state index contributed by atoms with van der Waals surface area (Å²) in [6.45, 7) is 1.09. The van der Waals surface area contributed by atoms with Crippen LogP contribution in [-0.2, 0) is 21.9 Å². The normalized spacial score (nSPS) is 12.4. The number of aromatic nitrogens is 2. The van der Waals surface area contributed by atoms with Gasteiger partial charge >= 0.3 is 5.69 Å². The molecule has 7 nitrogen and oxygen atoms in total. The Hall–Kier alpha value is -2.55. The number of nitrogens with zero attached hydrogens (tertiary/aromatic N) is 3. The van der Waals surface area contributed by atoms with E-state index >= 15 is 0 Å². The molecule has 1 aromatic heterocycles. The van der Waals surface area contributed by atoms with E-state index in [0.717, 1.165) is 14.0 Å². The van der Waals surface area contributed by atoms with E-state index in [9.17, 15) is 22.4 Å². The summed E-state index contributed by atoms with van der Waals surface area (Å²) in [5, 5.41) is 0. The molecule has 0 saturated carbocycles. The predicted molar refractivity (Wildman–Crippen MR) is 74.9 cm³/mol. The van der Waals surface area contributed by atoms with Crippen molar-refractivity contribution in [1.82, 2.24) is 8.54 Å². The minimum atomic E-state index is -4.24. The monoisotopic (exact) mass is 325 g/mol. The van der Waals surface area contributed by atoms with Crippen molar-refractivity contribution >= 4 is 15.9 Å². The minimum Gasteiger partial charge on any atom is -0.278 e. The molecular weight excluding hydrogens is 313 g/mol. The maximum absolute atomic E-state index is 14.0. The third-order valence-corrected chi connectivity index (χ3v) is 4.45. The highest BCUT2D eigenvalue weighted by atomic mass is 32.2. The predicted octanol–water partition coefficient (Wildman–Crippen LogP) is 0.0101. The first kappa shape index (κ1) is 15.8. The molecule has 0 atom stereocenters. The van der Waals surface area contributed by atoms with Gasteiger partial charge in [0.15, 0.2) is 11.3 Å². The summed E-state index contributed by atoms with van der Waals surface area (Å²) in [7, 11) is -3.11. The van der Waals surface area contributed by atoms with Crippen molar-refractivity contribution in [3.05, 3.63) is 58.3 Å². The molecule has 0 spiro atoms. The molecule has 1 heterocycles. The first-order valence-electron chi connectivity index (χ1n) is 6.09. The second-order valence-corrected chi connectivity index (χ2v) is 6.20.